The number of nitrogens with zero attached hydrogens (tertiary/aromatic N) is 4. The maximum absolute atomic E-state index is 14.0. The molecule has 9 heteroatoms. The average Bonchev–Trinajstić information content (AvgIpc) is 3.17. The highest BCUT2D eigenvalue weighted by atomic mass is 19.1. The van der Waals surface area contributed by atoms with Crippen molar-refractivity contribution in [1.82, 2.24) is 19.9 Å². The van der Waals surface area contributed by atoms with Gasteiger partial charge >= 0.3 is 0 Å². The standard InChI is InChI=1S/C22H25FN6O2/c1-4-6-25-17-9-19(29-7-5-15-8-14(10-24)11-27-20(15)29)26-12-16(17)21(30)28-13-18(23)22(2,3)31/h5,7-9,11-12,18,31H,4,6,13H2,1-3H3,(H,25,26)(H,28,30)/t18-/m1/s1. The number of carbonyl (C=O) groups is 1. The van der Waals surface area contributed by atoms with E-state index in [0.717, 1.165) is 11.8 Å². The summed E-state index contributed by atoms with van der Waals surface area (Å²) in [6.07, 6.45) is 3.95. The molecular formula is C22H25FN6O2. The Morgan fingerprint density at radius 3 is 2.81 bits per heavy atom. The Morgan fingerprint density at radius 1 is 1.35 bits per heavy atom. The molecule has 31 heavy (non-hydrogen) atoms. The molecule has 0 bridgehead atoms. The molecule has 3 rings (SSSR count). The maximum Gasteiger partial charge on any atom is 0.255 e. The van der Waals surface area contributed by atoms with Gasteiger partial charge < -0.3 is 15.7 Å². The average molecular weight is 424 g/mol. The second-order valence-corrected chi connectivity index (χ2v) is 7.78. The second-order valence-electron chi connectivity index (χ2n) is 7.78. The van der Waals surface area contributed by atoms with Gasteiger partial charge in [-0.3, -0.25) is 9.36 Å². The molecule has 3 aromatic heterocycles. The number of nitrogens with one attached hydrogen (secondary N) is 2. The van der Waals surface area contributed by atoms with Crippen molar-refractivity contribution in [2.24, 2.45) is 0 Å². The fourth-order valence-electron chi connectivity index (χ4n) is 2.96. The van der Waals surface area contributed by atoms with Gasteiger partial charge in [0.1, 0.15) is 23.7 Å². The lowest BCUT2D eigenvalue weighted by molar-refractivity contribution is -0.00177. The highest BCUT2D eigenvalue weighted by Gasteiger charge is 2.27. The lowest BCUT2D eigenvalue weighted by Gasteiger charge is -2.22. The number of nitriles is 1. The Hall–Kier alpha value is -3.51. The van der Waals surface area contributed by atoms with Crippen LogP contribution in [0.4, 0.5) is 10.1 Å². The number of halogens is 1. The van der Waals surface area contributed by atoms with Gasteiger partial charge in [0.05, 0.1) is 29.0 Å². The molecule has 1 amide bonds. The van der Waals surface area contributed by atoms with E-state index in [1.165, 1.54) is 26.2 Å². The summed E-state index contributed by atoms with van der Waals surface area (Å²) in [5.41, 5.74) is 0.380. The molecule has 8 nitrogen and oxygen atoms in total. The van der Waals surface area contributed by atoms with Crippen LogP contribution < -0.4 is 10.6 Å². The zero-order valence-corrected chi connectivity index (χ0v) is 17.7. The first-order valence-corrected chi connectivity index (χ1v) is 10.0. The number of hydrogen-bond acceptors (Lipinski definition) is 6. The first-order valence-electron chi connectivity index (χ1n) is 10.0. The lowest BCUT2D eigenvalue weighted by Crippen LogP contribution is -2.42. The Morgan fingerprint density at radius 2 is 2.13 bits per heavy atom. The van der Waals surface area contributed by atoms with Gasteiger partial charge in [-0.25, -0.2) is 14.4 Å². The van der Waals surface area contributed by atoms with Crippen LogP contribution in [0, 0.1) is 11.3 Å². The van der Waals surface area contributed by atoms with Gasteiger partial charge in [0.2, 0.25) is 0 Å². The summed E-state index contributed by atoms with van der Waals surface area (Å²) in [7, 11) is 0. The molecule has 0 aliphatic heterocycles. The van der Waals surface area contributed by atoms with Gasteiger partial charge in [-0.15, -0.1) is 0 Å². The smallest absolute Gasteiger partial charge is 0.255 e. The van der Waals surface area contributed by atoms with Crippen molar-refractivity contribution in [3.05, 3.63) is 47.9 Å². The number of pyridine rings is 2. The van der Waals surface area contributed by atoms with Crippen molar-refractivity contribution in [1.29, 1.82) is 5.26 Å². The zero-order chi connectivity index (χ0) is 22.6. The molecule has 0 spiro atoms. The van der Waals surface area contributed by atoms with E-state index in [2.05, 4.69) is 26.7 Å². The molecule has 162 valence electrons. The predicted octanol–water partition coefficient (Wildman–Crippen LogP) is 2.95. The number of rotatable bonds is 8. The number of aromatic nitrogens is 3. The highest BCUT2D eigenvalue weighted by molar-refractivity contribution is 5.99. The van der Waals surface area contributed by atoms with Crippen molar-refractivity contribution in [2.45, 2.75) is 39.0 Å². The van der Waals surface area contributed by atoms with Gasteiger partial charge in [0.25, 0.3) is 5.91 Å². The molecule has 0 aromatic carbocycles. The first kappa shape index (κ1) is 22.2. The summed E-state index contributed by atoms with van der Waals surface area (Å²) in [5, 5.41) is 25.3. The van der Waals surface area contributed by atoms with E-state index >= 15 is 0 Å². The zero-order valence-electron chi connectivity index (χ0n) is 17.7. The highest BCUT2D eigenvalue weighted by Crippen LogP contribution is 2.23. The largest absolute Gasteiger partial charge is 0.387 e. The van der Waals surface area contributed by atoms with E-state index in [1.807, 2.05) is 13.0 Å². The molecule has 0 saturated carbocycles. The first-order chi connectivity index (χ1) is 14.7. The molecule has 0 radical (unpaired) electrons. The van der Waals surface area contributed by atoms with Crippen molar-refractivity contribution in [3.63, 3.8) is 0 Å². The quantitative estimate of drug-likeness (QED) is 0.512. The molecule has 1 atom stereocenters. The topological polar surface area (TPSA) is 116 Å². The molecular weight excluding hydrogens is 399 g/mol. The molecule has 3 heterocycles. The van der Waals surface area contributed by atoms with Crippen molar-refractivity contribution >= 4 is 22.6 Å². The van der Waals surface area contributed by atoms with Crippen LogP contribution in [0.1, 0.15) is 43.1 Å². The minimum absolute atomic E-state index is 0.274. The van der Waals surface area contributed by atoms with Gasteiger partial charge in [-0.1, -0.05) is 6.92 Å². The van der Waals surface area contributed by atoms with Crippen molar-refractivity contribution < 1.29 is 14.3 Å². The number of fused-ring (bicyclic) bond motifs is 1. The Kier molecular flexibility index (Phi) is 6.51. The molecule has 0 aliphatic carbocycles. The molecule has 3 aromatic rings. The fraction of sp³-hybridized carbons (Fsp3) is 0.364. The summed E-state index contributed by atoms with van der Waals surface area (Å²) in [6.45, 7) is 5.02. The summed E-state index contributed by atoms with van der Waals surface area (Å²) >= 11 is 0. The lowest BCUT2D eigenvalue weighted by atomic mass is 10.0. The van der Waals surface area contributed by atoms with E-state index in [0.29, 0.717) is 29.3 Å². The van der Waals surface area contributed by atoms with E-state index in [4.69, 9.17) is 5.26 Å². The Balaban J connectivity index is 1.91. The Labute approximate surface area is 179 Å². The normalized spacial score (nSPS) is 12.4. The predicted molar refractivity (Wildman–Crippen MR) is 116 cm³/mol. The minimum Gasteiger partial charge on any atom is -0.387 e. The van der Waals surface area contributed by atoms with Crippen LogP contribution in [0.2, 0.25) is 0 Å². The third kappa shape index (κ3) is 4.98. The maximum atomic E-state index is 14.0. The minimum atomic E-state index is -1.61. The van der Waals surface area contributed by atoms with Gasteiger partial charge in [0, 0.05) is 36.6 Å². The molecule has 3 N–H and O–H groups in total. The van der Waals surface area contributed by atoms with Crippen LogP contribution in [0.3, 0.4) is 0 Å². The second kappa shape index (κ2) is 9.10. The fourth-order valence-corrected chi connectivity index (χ4v) is 2.96. The number of anilines is 1. The van der Waals surface area contributed by atoms with Crippen LogP contribution in [-0.4, -0.2) is 50.4 Å². The van der Waals surface area contributed by atoms with Crippen LogP contribution >= 0.6 is 0 Å². The number of amides is 1. The third-order valence-electron chi connectivity index (χ3n) is 4.81. The van der Waals surface area contributed by atoms with E-state index in [9.17, 15) is 14.3 Å². The third-order valence-corrected chi connectivity index (χ3v) is 4.81. The van der Waals surface area contributed by atoms with Gasteiger partial charge in [-0.2, -0.15) is 5.26 Å². The monoisotopic (exact) mass is 424 g/mol. The molecule has 0 unspecified atom stereocenters. The summed E-state index contributed by atoms with van der Waals surface area (Å²) in [6, 6.07) is 7.37. The van der Waals surface area contributed by atoms with Crippen LogP contribution in [0.15, 0.2) is 36.8 Å². The molecule has 0 saturated heterocycles. The number of hydrogen-bond donors (Lipinski definition) is 3. The van der Waals surface area contributed by atoms with E-state index in [-0.39, 0.29) is 12.1 Å². The number of alkyl halides is 1. The van der Waals surface area contributed by atoms with Crippen molar-refractivity contribution in [2.75, 3.05) is 18.4 Å². The van der Waals surface area contributed by atoms with E-state index < -0.39 is 17.7 Å². The molecule has 0 fully saturated rings. The van der Waals surface area contributed by atoms with Crippen molar-refractivity contribution in [3.8, 4) is 11.9 Å². The summed E-state index contributed by atoms with van der Waals surface area (Å²) in [4.78, 5) is 21.4. The van der Waals surface area contributed by atoms with Gasteiger partial charge in [0.15, 0.2) is 0 Å². The SMILES string of the molecule is CCCNc1cc(-n2ccc3cc(C#N)cnc32)ncc1C(=O)NC[C@@H](F)C(C)(C)O. The Bertz CT molecular complexity index is 1130. The van der Waals surface area contributed by atoms with Gasteiger partial charge in [-0.05, 0) is 32.4 Å². The van der Waals surface area contributed by atoms with Crippen LogP contribution in [-0.2, 0) is 0 Å². The van der Waals surface area contributed by atoms with Crippen LogP contribution in [0.5, 0.6) is 0 Å². The summed E-state index contributed by atoms with van der Waals surface area (Å²) in [5.74, 6) is 0.0564. The number of carbonyl (C=O) groups excluding carboxylic acids is 1. The summed E-state index contributed by atoms with van der Waals surface area (Å²) < 4.78 is 15.8. The van der Waals surface area contributed by atoms with E-state index in [1.54, 1.807) is 22.9 Å². The molecule has 0 aliphatic rings. The van der Waals surface area contributed by atoms with Crippen LogP contribution in [0.25, 0.3) is 16.9 Å². The number of aliphatic hydroxyl groups is 1.